The van der Waals surface area contributed by atoms with Crippen LogP contribution in [-0.2, 0) is 0 Å². The molecule has 2 heteroatoms. The lowest BCUT2D eigenvalue weighted by Crippen LogP contribution is -2.34. The molecular formula is C12H28N2. The minimum Gasteiger partial charge on any atom is -0.271 e. The molecule has 0 aliphatic carbocycles. The molecule has 86 valence electrons. The molecule has 0 radical (unpaired) electrons. The minimum atomic E-state index is 0.547. The number of unbranched alkanes of at least 4 members (excludes halogenated alkanes) is 5. The fourth-order valence-corrected chi connectivity index (χ4v) is 1.83. The summed E-state index contributed by atoms with van der Waals surface area (Å²) in [5, 5.41) is 0. The highest BCUT2D eigenvalue weighted by atomic mass is 15.2. The van der Waals surface area contributed by atoms with Crippen molar-refractivity contribution in [2.75, 3.05) is 0 Å². The van der Waals surface area contributed by atoms with Gasteiger partial charge < -0.3 is 0 Å². The summed E-state index contributed by atoms with van der Waals surface area (Å²) >= 11 is 0. The molecule has 0 aliphatic rings. The van der Waals surface area contributed by atoms with Crippen molar-refractivity contribution < 1.29 is 0 Å². The Balaban J connectivity index is 3.15. The van der Waals surface area contributed by atoms with Gasteiger partial charge >= 0.3 is 0 Å². The molecule has 0 heterocycles. The van der Waals surface area contributed by atoms with Crippen LogP contribution in [0.15, 0.2) is 0 Å². The molecule has 0 aromatic rings. The van der Waals surface area contributed by atoms with Crippen molar-refractivity contribution in [1.82, 2.24) is 5.43 Å². The van der Waals surface area contributed by atoms with Crippen LogP contribution >= 0.6 is 0 Å². The van der Waals surface area contributed by atoms with Crippen LogP contribution in [0.2, 0.25) is 0 Å². The number of nitrogens with two attached hydrogens (primary N) is 1. The molecule has 0 rings (SSSR count). The third-order valence-corrected chi connectivity index (χ3v) is 2.78. The molecule has 0 aromatic carbocycles. The van der Waals surface area contributed by atoms with E-state index in [-0.39, 0.29) is 0 Å². The number of hydrogen-bond acceptors (Lipinski definition) is 2. The summed E-state index contributed by atoms with van der Waals surface area (Å²) in [5.41, 5.74) is 2.91. The Labute approximate surface area is 89.6 Å². The number of hydrazine groups is 1. The van der Waals surface area contributed by atoms with Gasteiger partial charge in [-0.15, -0.1) is 0 Å². The lowest BCUT2D eigenvalue weighted by molar-refractivity contribution is 0.435. The maximum Gasteiger partial charge on any atom is 0.0210 e. The third kappa shape index (κ3) is 8.52. The van der Waals surface area contributed by atoms with E-state index in [9.17, 15) is 0 Å². The smallest absolute Gasteiger partial charge is 0.0210 e. The van der Waals surface area contributed by atoms with Crippen LogP contribution in [0.4, 0.5) is 0 Å². The molecule has 0 bridgehead atoms. The maximum absolute atomic E-state index is 5.47. The van der Waals surface area contributed by atoms with Gasteiger partial charge in [-0.3, -0.25) is 11.3 Å². The zero-order valence-corrected chi connectivity index (χ0v) is 10.0. The highest BCUT2D eigenvalue weighted by Crippen LogP contribution is 2.10. The van der Waals surface area contributed by atoms with E-state index in [2.05, 4.69) is 19.3 Å². The van der Waals surface area contributed by atoms with Gasteiger partial charge in [0.2, 0.25) is 0 Å². The van der Waals surface area contributed by atoms with E-state index < -0.39 is 0 Å². The van der Waals surface area contributed by atoms with E-state index in [1.807, 2.05) is 0 Å². The first kappa shape index (κ1) is 13.9. The summed E-state index contributed by atoms with van der Waals surface area (Å²) < 4.78 is 0. The molecule has 0 aliphatic heterocycles. The van der Waals surface area contributed by atoms with Gasteiger partial charge in [-0.25, -0.2) is 0 Å². The van der Waals surface area contributed by atoms with Crippen molar-refractivity contribution in [1.29, 1.82) is 0 Å². The topological polar surface area (TPSA) is 38.0 Å². The summed E-state index contributed by atoms with van der Waals surface area (Å²) in [6.07, 6.45) is 11.9. The molecule has 0 saturated carbocycles. The van der Waals surface area contributed by atoms with Gasteiger partial charge in [-0.1, -0.05) is 58.8 Å². The van der Waals surface area contributed by atoms with E-state index in [4.69, 9.17) is 5.84 Å². The minimum absolute atomic E-state index is 0.547. The van der Waals surface area contributed by atoms with Crippen LogP contribution < -0.4 is 11.3 Å². The monoisotopic (exact) mass is 200 g/mol. The average molecular weight is 200 g/mol. The van der Waals surface area contributed by atoms with Crippen molar-refractivity contribution >= 4 is 0 Å². The van der Waals surface area contributed by atoms with Crippen LogP contribution in [0.3, 0.4) is 0 Å². The molecule has 0 aromatic heterocycles. The Morgan fingerprint density at radius 3 is 2.07 bits per heavy atom. The summed E-state index contributed by atoms with van der Waals surface area (Å²) in [5.74, 6) is 5.47. The van der Waals surface area contributed by atoms with E-state index in [1.165, 1.54) is 57.8 Å². The molecule has 3 N–H and O–H groups in total. The fraction of sp³-hybridized carbons (Fsp3) is 1.00. The lowest BCUT2D eigenvalue weighted by atomic mass is 10.0. The molecule has 0 fully saturated rings. The second-order valence-electron chi connectivity index (χ2n) is 4.21. The summed E-state index contributed by atoms with van der Waals surface area (Å²) in [6, 6.07) is 0.547. The van der Waals surface area contributed by atoms with Crippen LogP contribution in [0.25, 0.3) is 0 Å². The molecular weight excluding hydrogens is 172 g/mol. The van der Waals surface area contributed by atoms with Gasteiger partial charge in [-0.2, -0.15) is 0 Å². The SMILES string of the molecule is CCCCCCCCC(CCC)NN. The molecule has 0 amide bonds. The van der Waals surface area contributed by atoms with Crippen molar-refractivity contribution in [3.63, 3.8) is 0 Å². The molecule has 1 atom stereocenters. The fourth-order valence-electron chi connectivity index (χ4n) is 1.83. The van der Waals surface area contributed by atoms with Gasteiger partial charge in [0.1, 0.15) is 0 Å². The molecule has 1 unspecified atom stereocenters. The molecule has 0 saturated heterocycles. The Bertz CT molecular complexity index is 104. The highest BCUT2D eigenvalue weighted by molar-refractivity contribution is 4.62. The van der Waals surface area contributed by atoms with Gasteiger partial charge in [0, 0.05) is 6.04 Å². The Morgan fingerprint density at radius 2 is 1.50 bits per heavy atom. The predicted molar refractivity (Wildman–Crippen MR) is 64.0 cm³/mol. The quantitative estimate of drug-likeness (QED) is 0.322. The number of hydrogen-bond donors (Lipinski definition) is 2. The second kappa shape index (κ2) is 11.0. The van der Waals surface area contributed by atoms with Crippen molar-refractivity contribution in [2.24, 2.45) is 5.84 Å². The normalized spacial score (nSPS) is 13.1. The largest absolute Gasteiger partial charge is 0.271 e. The van der Waals surface area contributed by atoms with Crippen LogP contribution in [0, 0.1) is 0 Å². The zero-order valence-electron chi connectivity index (χ0n) is 10.0. The molecule has 0 spiro atoms. The summed E-state index contributed by atoms with van der Waals surface area (Å²) in [6.45, 7) is 4.47. The van der Waals surface area contributed by atoms with Gasteiger partial charge in [0.25, 0.3) is 0 Å². The maximum atomic E-state index is 5.47. The van der Waals surface area contributed by atoms with Crippen LogP contribution in [0.5, 0.6) is 0 Å². The van der Waals surface area contributed by atoms with Gasteiger partial charge in [0.15, 0.2) is 0 Å². The van der Waals surface area contributed by atoms with Crippen LogP contribution in [0.1, 0.15) is 71.6 Å². The second-order valence-corrected chi connectivity index (χ2v) is 4.21. The van der Waals surface area contributed by atoms with Crippen molar-refractivity contribution in [3.05, 3.63) is 0 Å². The average Bonchev–Trinajstić information content (AvgIpc) is 2.21. The Morgan fingerprint density at radius 1 is 0.857 bits per heavy atom. The highest BCUT2D eigenvalue weighted by Gasteiger charge is 2.03. The molecule has 14 heavy (non-hydrogen) atoms. The van der Waals surface area contributed by atoms with Crippen molar-refractivity contribution in [2.45, 2.75) is 77.7 Å². The number of nitrogens with one attached hydrogen (secondary N) is 1. The lowest BCUT2D eigenvalue weighted by Gasteiger charge is -2.14. The first-order valence-corrected chi connectivity index (χ1v) is 6.31. The van der Waals surface area contributed by atoms with Gasteiger partial charge in [0.05, 0.1) is 0 Å². The Hall–Kier alpha value is -0.0800. The first-order chi connectivity index (χ1) is 6.85. The van der Waals surface area contributed by atoms with E-state index >= 15 is 0 Å². The number of rotatable bonds is 10. The predicted octanol–water partition coefficient (Wildman–Crippen LogP) is 3.37. The van der Waals surface area contributed by atoms with Crippen molar-refractivity contribution in [3.8, 4) is 0 Å². The Kier molecular flexibility index (Phi) is 10.9. The summed E-state index contributed by atoms with van der Waals surface area (Å²) in [7, 11) is 0. The first-order valence-electron chi connectivity index (χ1n) is 6.31. The standard InChI is InChI=1S/C12H28N2/c1-3-5-6-7-8-9-11-12(14-13)10-4-2/h12,14H,3-11,13H2,1-2H3. The van der Waals surface area contributed by atoms with Crippen LogP contribution in [-0.4, -0.2) is 6.04 Å². The summed E-state index contributed by atoms with van der Waals surface area (Å²) in [4.78, 5) is 0. The van der Waals surface area contributed by atoms with E-state index in [1.54, 1.807) is 0 Å². The van der Waals surface area contributed by atoms with Gasteiger partial charge in [-0.05, 0) is 12.8 Å². The zero-order chi connectivity index (χ0) is 10.6. The van der Waals surface area contributed by atoms with E-state index in [0.717, 1.165) is 0 Å². The third-order valence-electron chi connectivity index (χ3n) is 2.78. The molecule has 2 nitrogen and oxygen atoms in total. The van der Waals surface area contributed by atoms with E-state index in [0.29, 0.717) is 6.04 Å².